The maximum Gasteiger partial charge on any atom is 0.360 e. The Kier molecular flexibility index (Phi) is 4.36. The van der Waals surface area contributed by atoms with Crippen molar-refractivity contribution in [3.63, 3.8) is 0 Å². The third kappa shape index (κ3) is 3.37. The molecule has 3 heterocycles. The molecular weight excluding hydrogens is 330 g/mol. The summed E-state index contributed by atoms with van der Waals surface area (Å²) in [6.07, 6.45) is 0.828. The predicted octanol–water partition coefficient (Wildman–Crippen LogP) is -0.862. The van der Waals surface area contributed by atoms with Gasteiger partial charge in [0.05, 0.1) is 32.3 Å². The van der Waals surface area contributed by atoms with Gasteiger partial charge in [0.1, 0.15) is 24.4 Å². The van der Waals surface area contributed by atoms with Crippen LogP contribution in [0, 0.1) is 0 Å². The molecule has 0 saturated carbocycles. The van der Waals surface area contributed by atoms with Crippen LogP contribution in [0.4, 0.5) is 0 Å². The first-order valence-electron chi connectivity index (χ1n) is 7.09. The summed E-state index contributed by atoms with van der Waals surface area (Å²) in [6.45, 7) is 2.31. The first-order chi connectivity index (χ1) is 10.9. The van der Waals surface area contributed by atoms with Crippen LogP contribution < -0.4 is 0 Å². The zero-order valence-electron chi connectivity index (χ0n) is 12.6. The van der Waals surface area contributed by atoms with E-state index < -0.39 is 34.4 Å². The molecule has 0 spiro atoms. The number of carbonyl (C=O) groups excluding carboxylic acids is 1. The predicted molar refractivity (Wildman–Crippen MR) is 74.2 cm³/mol. The molecule has 10 nitrogen and oxygen atoms in total. The molecular formula is C12H17N3O7S. The molecule has 3 rings (SSSR count). The highest BCUT2D eigenvalue weighted by atomic mass is 32.2. The SMILES string of the molecule is CCOC(=O)c1cn(C2COC3C(OS(C)(=O)=O)COC32)nn1. The van der Waals surface area contributed by atoms with Crippen molar-refractivity contribution in [2.75, 3.05) is 26.1 Å². The van der Waals surface area contributed by atoms with Gasteiger partial charge in [-0.3, -0.25) is 4.18 Å². The van der Waals surface area contributed by atoms with E-state index in [1.54, 1.807) is 6.92 Å². The Balaban J connectivity index is 1.71. The lowest BCUT2D eigenvalue weighted by Crippen LogP contribution is -2.33. The van der Waals surface area contributed by atoms with Gasteiger partial charge in [0, 0.05) is 0 Å². The molecule has 23 heavy (non-hydrogen) atoms. The van der Waals surface area contributed by atoms with Gasteiger partial charge in [0.2, 0.25) is 0 Å². The second kappa shape index (κ2) is 6.15. The van der Waals surface area contributed by atoms with Crippen LogP contribution >= 0.6 is 0 Å². The number of rotatable bonds is 5. The maximum atomic E-state index is 11.6. The van der Waals surface area contributed by atoms with E-state index >= 15 is 0 Å². The zero-order valence-corrected chi connectivity index (χ0v) is 13.4. The molecule has 2 fully saturated rings. The number of hydrogen-bond acceptors (Lipinski definition) is 9. The number of carbonyl (C=O) groups is 1. The van der Waals surface area contributed by atoms with Crippen LogP contribution in [0.2, 0.25) is 0 Å². The monoisotopic (exact) mass is 347 g/mol. The topological polar surface area (TPSA) is 119 Å². The summed E-state index contributed by atoms with van der Waals surface area (Å²) >= 11 is 0. The summed E-state index contributed by atoms with van der Waals surface area (Å²) in [4.78, 5) is 11.6. The lowest BCUT2D eigenvalue weighted by atomic mass is 10.1. The second-order valence-electron chi connectivity index (χ2n) is 5.31. The van der Waals surface area contributed by atoms with Gasteiger partial charge in [-0.1, -0.05) is 5.21 Å². The van der Waals surface area contributed by atoms with Gasteiger partial charge in [0.25, 0.3) is 10.1 Å². The van der Waals surface area contributed by atoms with Crippen LogP contribution in [0.15, 0.2) is 6.20 Å². The van der Waals surface area contributed by atoms with Crippen LogP contribution in [0.1, 0.15) is 23.5 Å². The smallest absolute Gasteiger partial charge is 0.360 e. The molecule has 0 radical (unpaired) electrons. The molecule has 1 aromatic rings. The first kappa shape index (κ1) is 16.3. The molecule has 0 bridgehead atoms. The molecule has 0 N–H and O–H groups in total. The van der Waals surface area contributed by atoms with Crippen LogP contribution in [-0.4, -0.2) is 73.8 Å². The number of aromatic nitrogens is 3. The quantitative estimate of drug-likeness (QED) is 0.495. The van der Waals surface area contributed by atoms with E-state index in [-0.39, 0.29) is 31.6 Å². The van der Waals surface area contributed by atoms with E-state index in [0.29, 0.717) is 0 Å². The highest BCUT2D eigenvalue weighted by Crippen LogP contribution is 2.35. The summed E-state index contributed by atoms with van der Waals surface area (Å²) in [7, 11) is -3.60. The maximum absolute atomic E-state index is 11.6. The largest absolute Gasteiger partial charge is 0.461 e. The molecule has 128 valence electrons. The van der Waals surface area contributed by atoms with E-state index in [2.05, 4.69) is 10.3 Å². The minimum atomic E-state index is -3.60. The van der Waals surface area contributed by atoms with E-state index in [4.69, 9.17) is 18.4 Å². The molecule has 0 aliphatic carbocycles. The van der Waals surface area contributed by atoms with Crippen LogP contribution in [0.3, 0.4) is 0 Å². The van der Waals surface area contributed by atoms with Gasteiger partial charge in [-0.25, -0.2) is 9.48 Å². The van der Waals surface area contributed by atoms with Crippen molar-refractivity contribution in [2.45, 2.75) is 31.3 Å². The lowest BCUT2D eigenvalue weighted by molar-refractivity contribution is 0.0329. The molecule has 0 aromatic carbocycles. The van der Waals surface area contributed by atoms with Crippen molar-refractivity contribution in [3.8, 4) is 0 Å². The van der Waals surface area contributed by atoms with Crippen LogP contribution in [0.25, 0.3) is 0 Å². The summed E-state index contributed by atoms with van der Waals surface area (Å²) in [5, 5.41) is 7.68. The fourth-order valence-electron chi connectivity index (χ4n) is 2.72. The highest BCUT2D eigenvalue weighted by Gasteiger charge is 2.50. The fourth-order valence-corrected chi connectivity index (χ4v) is 3.33. The average molecular weight is 347 g/mol. The standard InChI is InChI=1S/C12H17N3O7S/c1-3-19-12(16)7-4-15(14-13-7)8-5-20-11-9(6-21-10(8)11)22-23(2,17)18/h4,8-11H,3,5-6H2,1-2H3. The van der Waals surface area contributed by atoms with Crippen molar-refractivity contribution in [1.82, 2.24) is 15.0 Å². The Morgan fingerprint density at radius 2 is 2.13 bits per heavy atom. The highest BCUT2D eigenvalue weighted by molar-refractivity contribution is 7.86. The van der Waals surface area contributed by atoms with E-state index in [0.717, 1.165) is 6.26 Å². The van der Waals surface area contributed by atoms with E-state index in [1.807, 2.05) is 0 Å². The van der Waals surface area contributed by atoms with Crippen molar-refractivity contribution >= 4 is 16.1 Å². The average Bonchev–Trinajstić information content (AvgIpc) is 3.14. The Hall–Kier alpha value is -1.56. The first-order valence-corrected chi connectivity index (χ1v) is 8.91. The third-order valence-corrected chi connectivity index (χ3v) is 4.21. The van der Waals surface area contributed by atoms with E-state index in [1.165, 1.54) is 10.9 Å². The van der Waals surface area contributed by atoms with Gasteiger partial charge >= 0.3 is 5.97 Å². The van der Waals surface area contributed by atoms with Gasteiger partial charge < -0.3 is 14.2 Å². The molecule has 2 aliphatic rings. The van der Waals surface area contributed by atoms with Crippen molar-refractivity contribution < 1.29 is 31.6 Å². The van der Waals surface area contributed by atoms with Crippen LogP contribution in [-0.2, 0) is 28.5 Å². The summed E-state index contributed by atoms with van der Waals surface area (Å²) in [5.74, 6) is -0.556. The molecule has 0 amide bonds. The molecule has 1 aromatic heterocycles. The molecule has 2 aliphatic heterocycles. The Morgan fingerprint density at radius 3 is 2.83 bits per heavy atom. The Morgan fingerprint density at radius 1 is 1.39 bits per heavy atom. The fraction of sp³-hybridized carbons (Fsp3) is 0.750. The summed E-state index contributed by atoms with van der Waals surface area (Å²) < 4.78 is 45.0. The van der Waals surface area contributed by atoms with Gasteiger partial charge in [-0.15, -0.1) is 5.10 Å². The second-order valence-corrected chi connectivity index (χ2v) is 6.91. The van der Waals surface area contributed by atoms with Crippen LogP contribution in [0.5, 0.6) is 0 Å². The van der Waals surface area contributed by atoms with Gasteiger partial charge in [-0.05, 0) is 6.92 Å². The van der Waals surface area contributed by atoms with Gasteiger partial charge in [-0.2, -0.15) is 8.42 Å². The Bertz CT molecular complexity index is 689. The molecule has 11 heteroatoms. The zero-order chi connectivity index (χ0) is 16.6. The molecule has 2 saturated heterocycles. The lowest BCUT2D eigenvalue weighted by Gasteiger charge is -2.15. The number of esters is 1. The Labute approximate surface area is 132 Å². The van der Waals surface area contributed by atoms with Gasteiger partial charge in [0.15, 0.2) is 5.69 Å². The summed E-state index contributed by atoms with van der Waals surface area (Å²) in [6, 6.07) is -0.316. The van der Waals surface area contributed by atoms with Crippen molar-refractivity contribution in [2.24, 2.45) is 0 Å². The number of ether oxygens (including phenoxy) is 3. The minimum absolute atomic E-state index is 0.0947. The third-order valence-electron chi connectivity index (χ3n) is 3.61. The van der Waals surface area contributed by atoms with Crippen molar-refractivity contribution in [1.29, 1.82) is 0 Å². The molecule has 4 atom stereocenters. The summed E-state index contributed by atoms with van der Waals surface area (Å²) in [5.41, 5.74) is 0.0947. The van der Waals surface area contributed by atoms with Crippen molar-refractivity contribution in [3.05, 3.63) is 11.9 Å². The number of hydrogen-bond donors (Lipinski definition) is 0. The minimum Gasteiger partial charge on any atom is -0.461 e. The normalized spacial score (nSPS) is 30.3. The number of nitrogens with zero attached hydrogens (tertiary/aromatic N) is 3. The number of fused-ring (bicyclic) bond motifs is 1. The van der Waals surface area contributed by atoms with E-state index in [9.17, 15) is 13.2 Å². The molecule has 4 unspecified atom stereocenters.